The van der Waals surface area contributed by atoms with Crippen molar-refractivity contribution in [3.63, 3.8) is 0 Å². The molecule has 2 heterocycles. The summed E-state index contributed by atoms with van der Waals surface area (Å²) in [5, 5.41) is 2.76. The van der Waals surface area contributed by atoms with Gasteiger partial charge in [-0.3, -0.25) is 9.59 Å². The zero-order valence-electron chi connectivity index (χ0n) is 13.1. The number of nitrogens with zero attached hydrogens (tertiary/aromatic N) is 1. The summed E-state index contributed by atoms with van der Waals surface area (Å²) in [6.45, 7) is 0.568. The van der Waals surface area contributed by atoms with Gasteiger partial charge in [-0.15, -0.1) is 0 Å². The van der Waals surface area contributed by atoms with Crippen molar-refractivity contribution >= 4 is 27.3 Å². The van der Waals surface area contributed by atoms with E-state index in [4.69, 9.17) is 0 Å². The number of anilines is 1. The average Bonchev–Trinajstić information content (AvgIpc) is 3.08. The molecule has 2 unspecified atom stereocenters. The summed E-state index contributed by atoms with van der Waals surface area (Å²) in [5.74, 6) is -1.04. The van der Waals surface area contributed by atoms with Crippen LogP contribution in [0.15, 0.2) is 24.3 Å². The SMILES string of the molecule is O=C(NCC1CCS(=O)(=O)C1)C1CC(=O)N(c2ccc(F)cc2)C1. The normalized spacial score (nSPS) is 25.9. The second-order valence-electron chi connectivity index (χ2n) is 6.40. The Morgan fingerprint density at radius 1 is 1.29 bits per heavy atom. The van der Waals surface area contributed by atoms with Crippen LogP contribution in [0.3, 0.4) is 0 Å². The largest absolute Gasteiger partial charge is 0.355 e. The minimum atomic E-state index is -2.96. The standard InChI is InChI=1S/C16H19FN2O4S/c17-13-1-3-14(4-2-13)19-9-12(7-15(19)20)16(21)18-8-11-5-6-24(22,23)10-11/h1-4,11-12H,5-10H2,(H,18,21). The van der Waals surface area contributed by atoms with Gasteiger partial charge in [-0.2, -0.15) is 0 Å². The fraction of sp³-hybridized carbons (Fsp3) is 0.500. The highest BCUT2D eigenvalue weighted by atomic mass is 32.2. The minimum Gasteiger partial charge on any atom is -0.355 e. The van der Waals surface area contributed by atoms with Gasteiger partial charge in [-0.25, -0.2) is 12.8 Å². The first-order valence-corrected chi connectivity index (χ1v) is 9.70. The van der Waals surface area contributed by atoms with E-state index in [9.17, 15) is 22.4 Å². The van der Waals surface area contributed by atoms with Gasteiger partial charge in [0.25, 0.3) is 0 Å². The van der Waals surface area contributed by atoms with E-state index in [-0.39, 0.29) is 48.0 Å². The van der Waals surface area contributed by atoms with E-state index >= 15 is 0 Å². The van der Waals surface area contributed by atoms with Gasteiger partial charge < -0.3 is 10.2 Å². The molecular weight excluding hydrogens is 335 g/mol. The summed E-state index contributed by atoms with van der Waals surface area (Å²) in [5.41, 5.74) is 0.568. The van der Waals surface area contributed by atoms with Crippen molar-refractivity contribution < 1.29 is 22.4 Å². The van der Waals surface area contributed by atoms with Gasteiger partial charge in [0.1, 0.15) is 5.82 Å². The van der Waals surface area contributed by atoms with E-state index in [1.54, 1.807) is 0 Å². The zero-order chi connectivity index (χ0) is 17.3. The molecule has 0 saturated carbocycles. The molecule has 1 aromatic carbocycles. The van der Waals surface area contributed by atoms with Gasteiger partial charge in [0.15, 0.2) is 9.84 Å². The summed E-state index contributed by atoms with van der Waals surface area (Å²) in [6.07, 6.45) is 0.667. The molecule has 2 aliphatic rings. The number of carbonyl (C=O) groups is 2. The number of halogens is 1. The second-order valence-corrected chi connectivity index (χ2v) is 8.62. The van der Waals surface area contributed by atoms with Crippen LogP contribution in [0.2, 0.25) is 0 Å². The van der Waals surface area contributed by atoms with Crippen molar-refractivity contribution in [2.24, 2.45) is 11.8 Å². The molecule has 3 rings (SSSR count). The molecule has 24 heavy (non-hydrogen) atoms. The first-order valence-electron chi connectivity index (χ1n) is 7.88. The molecule has 2 fully saturated rings. The van der Waals surface area contributed by atoms with Crippen LogP contribution in [0.25, 0.3) is 0 Å². The quantitative estimate of drug-likeness (QED) is 0.864. The second kappa shape index (κ2) is 6.51. The summed E-state index contributed by atoms with van der Waals surface area (Å²) >= 11 is 0. The van der Waals surface area contributed by atoms with E-state index in [1.165, 1.54) is 29.2 Å². The number of sulfone groups is 1. The van der Waals surface area contributed by atoms with Crippen LogP contribution >= 0.6 is 0 Å². The van der Waals surface area contributed by atoms with Crippen LogP contribution in [-0.4, -0.2) is 44.8 Å². The zero-order valence-corrected chi connectivity index (χ0v) is 13.9. The number of rotatable bonds is 4. The summed E-state index contributed by atoms with van der Waals surface area (Å²) in [6, 6.07) is 5.57. The van der Waals surface area contributed by atoms with E-state index < -0.39 is 15.8 Å². The molecule has 1 N–H and O–H groups in total. The van der Waals surface area contributed by atoms with Crippen molar-refractivity contribution in [3.05, 3.63) is 30.1 Å². The van der Waals surface area contributed by atoms with Crippen LogP contribution in [0.1, 0.15) is 12.8 Å². The Balaban J connectivity index is 1.55. The Morgan fingerprint density at radius 2 is 2.00 bits per heavy atom. The molecule has 0 aromatic heterocycles. The van der Waals surface area contributed by atoms with E-state index in [2.05, 4.69) is 5.32 Å². The highest BCUT2D eigenvalue weighted by Gasteiger charge is 2.36. The lowest BCUT2D eigenvalue weighted by molar-refractivity contribution is -0.126. The van der Waals surface area contributed by atoms with Crippen molar-refractivity contribution in [2.75, 3.05) is 29.5 Å². The Labute approximate surface area is 139 Å². The molecule has 0 spiro atoms. The molecule has 2 amide bonds. The maximum atomic E-state index is 13.0. The number of nitrogens with one attached hydrogen (secondary N) is 1. The summed E-state index contributed by atoms with van der Waals surface area (Å²) in [7, 11) is -2.96. The molecule has 2 aliphatic heterocycles. The summed E-state index contributed by atoms with van der Waals surface area (Å²) < 4.78 is 35.8. The fourth-order valence-electron chi connectivity index (χ4n) is 3.18. The predicted octanol–water partition coefficient (Wildman–Crippen LogP) is 0.730. The number of benzene rings is 1. The third-order valence-corrected chi connectivity index (χ3v) is 6.36. The monoisotopic (exact) mass is 354 g/mol. The lowest BCUT2D eigenvalue weighted by Gasteiger charge is -2.17. The van der Waals surface area contributed by atoms with Crippen LogP contribution in [0.5, 0.6) is 0 Å². The number of hydrogen-bond acceptors (Lipinski definition) is 4. The van der Waals surface area contributed by atoms with Gasteiger partial charge in [0.05, 0.1) is 17.4 Å². The fourth-order valence-corrected chi connectivity index (χ4v) is 5.04. The van der Waals surface area contributed by atoms with Crippen molar-refractivity contribution in [1.82, 2.24) is 5.32 Å². The maximum absolute atomic E-state index is 13.0. The third kappa shape index (κ3) is 3.75. The van der Waals surface area contributed by atoms with Crippen LogP contribution in [-0.2, 0) is 19.4 Å². The maximum Gasteiger partial charge on any atom is 0.227 e. The van der Waals surface area contributed by atoms with Crippen molar-refractivity contribution in [2.45, 2.75) is 12.8 Å². The molecule has 2 atom stereocenters. The predicted molar refractivity (Wildman–Crippen MR) is 86.6 cm³/mol. The highest BCUT2D eigenvalue weighted by Crippen LogP contribution is 2.25. The van der Waals surface area contributed by atoms with Crippen molar-refractivity contribution in [1.29, 1.82) is 0 Å². The lowest BCUT2D eigenvalue weighted by Crippen LogP contribution is -2.36. The smallest absolute Gasteiger partial charge is 0.227 e. The van der Waals surface area contributed by atoms with Gasteiger partial charge in [0, 0.05) is 25.2 Å². The molecule has 0 radical (unpaired) electrons. The Bertz CT molecular complexity index is 748. The molecule has 130 valence electrons. The Morgan fingerprint density at radius 3 is 2.62 bits per heavy atom. The Hall–Kier alpha value is -1.96. The lowest BCUT2D eigenvalue weighted by atomic mass is 10.1. The van der Waals surface area contributed by atoms with E-state index in [1.807, 2.05) is 0 Å². The number of carbonyl (C=O) groups excluding carboxylic acids is 2. The molecule has 1 aromatic rings. The summed E-state index contributed by atoms with van der Waals surface area (Å²) in [4.78, 5) is 25.8. The molecule has 8 heteroatoms. The molecule has 6 nitrogen and oxygen atoms in total. The first kappa shape index (κ1) is 16.9. The topological polar surface area (TPSA) is 83.5 Å². The van der Waals surface area contributed by atoms with Gasteiger partial charge in [-0.1, -0.05) is 0 Å². The van der Waals surface area contributed by atoms with Crippen LogP contribution < -0.4 is 10.2 Å². The molecule has 0 aliphatic carbocycles. The Kier molecular flexibility index (Phi) is 4.58. The van der Waals surface area contributed by atoms with Gasteiger partial charge in [0.2, 0.25) is 11.8 Å². The van der Waals surface area contributed by atoms with Crippen LogP contribution in [0.4, 0.5) is 10.1 Å². The molecular formula is C16H19FN2O4S. The van der Waals surface area contributed by atoms with E-state index in [0.29, 0.717) is 18.7 Å². The number of hydrogen-bond donors (Lipinski definition) is 1. The average molecular weight is 354 g/mol. The van der Waals surface area contributed by atoms with Gasteiger partial charge >= 0.3 is 0 Å². The number of amides is 2. The third-order valence-electron chi connectivity index (χ3n) is 4.53. The first-order chi connectivity index (χ1) is 11.3. The molecule has 0 bridgehead atoms. The van der Waals surface area contributed by atoms with Crippen molar-refractivity contribution in [3.8, 4) is 0 Å². The highest BCUT2D eigenvalue weighted by molar-refractivity contribution is 7.91. The minimum absolute atomic E-state index is 0.0516. The van der Waals surface area contributed by atoms with Gasteiger partial charge in [-0.05, 0) is 36.6 Å². The van der Waals surface area contributed by atoms with Crippen LogP contribution in [0, 0.1) is 17.7 Å². The van der Waals surface area contributed by atoms with E-state index in [0.717, 1.165) is 0 Å². The molecule has 2 saturated heterocycles.